The summed E-state index contributed by atoms with van der Waals surface area (Å²) in [5.74, 6) is -0.323. The Morgan fingerprint density at radius 1 is 1.17 bits per heavy atom. The van der Waals surface area contributed by atoms with Crippen molar-refractivity contribution in [3.63, 3.8) is 0 Å². The van der Waals surface area contributed by atoms with Gasteiger partial charge in [0.15, 0.2) is 0 Å². The molecular formula is C12H24O5Si. The highest BCUT2D eigenvalue weighted by Gasteiger charge is 2.36. The van der Waals surface area contributed by atoms with Crippen molar-refractivity contribution in [1.29, 1.82) is 0 Å². The highest BCUT2D eigenvalue weighted by Crippen LogP contribution is 2.15. The number of rotatable bonds is 10. The highest BCUT2D eigenvalue weighted by atomic mass is 28.4. The SMILES string of the molecule is C=C(CCC)C(=O)OCCC[Si](OC)(OC)OC. The average molecular weight is 276 g/mol. The van der Waals surface area contributed by atoms with E-state index in [2.05, 4.69) is 6.58 Å². The molecule has 0 heterocycles. The lowest BCUT2D eigenvalue weighted by molar-refractivity contribution is -0.139. The van der Waals surface area contributed by atoms with Crippen LogP contribution in [0.2, 0.25) is 6.04 Å². The van der Waals surface area contributed by atoms with E-state index in [0.29, 0.717) is 31.1 Å². The van der Waals surface area contributed by atoms with E-state index >= 15 is 0 Å². The molecule has 0 aliphatic heterocycles. The summed E-state index contributed by atoms with van der Waals surface area (Å²) < 4.78 is 20.9. The Bertz CT molecular complexity index is 255. The van der Waals surface area contributed by atoms with Crippen molar-refractivity contribution in [2.24, 2.45) is 0 Å². The molecule has 0 N–H and O–H groups in total. The van der Waals surface area contributed by atoms with Crippen LogP contribution in [0.1, 0.15) is 26.2 Å². The normalized spacial score (nSPS) is 11.3. The van der Waals surface area contributed by atoms with Gasteiger partial charge in [-0.25, -0.2) is 4.79 Å². The van der Waals surface area contributed by atoms with Crippen molar-refractivity contribution in [3.8, 4) is 0 Å². The second-order valence-corrected chi connectivity index (χ2v) is 6.98. The summed E-state index contributed by atoms with van der Waals surface area (Å²) in [6, 6.07) is 0.615. The second-order valence-electron chi connectivity index (χ2n) is 3.89. The fourth-order valence-electron chi connectivity index (χ4n) is 1.52. The van der Waals surface area contributed by atoms with Crippen LogP contribution in [0.5, 0.6) is 0 Å². The Morgan fingerprint density at radius 3 is 2.17 bits per heavy atom. The van der Waals surface area contributed by atoms with Gasteiger partial charge in [0.05, 0.1) is 6.61 Å². The molecule has 106 valence electrons. The fourth-order valence-corrected chi connectivity index (χ4v) is 3.21. The first-order chi connectivity index (χ1) is 8.55. The molecule has 0 aliphatic rings. The molecule has 0 bridgehead atoms. The Balaban J connectivity index is 3.92. The number of hydrogen-bond donors (Lipinski definition) is 0. The van der Waals surface area contributed by atoms with Gasteiger partial charge in [-0.15, -0.1) is 0 Å². The van der Waals surface area contributed by atoms with Crippen LogP contribution >= 0.6 is 0 Å². The van der Waals surface area contributed by atoms with E-state index in [-0.39, 0.29) is 5.97 Å². The van der Waals surface area contributed by atoms with E-state index < -0.39 is 8.80 Å². The predicted molar refractivity (Wildman–Crippen MR) is 71.2 cm³/mol. The molecule has 0 spiro atoms. The summed E-state index contributed by atoms with van der Waals surface area (Å²) in [5.41, 5.74) is 0.520. The minimum Gasteiger partial charge on any atom is -0.462 e. The lowest BCUT2D eigenvalue weighted by atomic mass is 10.2. The van der Waals surface area contributed by atoms with Gasteiger partial charge in [-0.2, -0.15) is 0 Å². The average Bonchev–Trinajstić information content (AvgIpc) is 2.40. The molecule has 0 atom stereocenters. The summed E-state index contributed by atoms with van der Waals surface area (Å²) in [7, 11) is 2.15. The molecule has 0 rings (SSSR count). The minimum atomic E-state index is -2.55. The van der Waals surface area contributed by atoms with Crippen LogP contribution in [-0.4, -0.2) is 42.7 Å². The topological polar surface area (TPSA) is 54.0 Å². The molecule has 18 heavy (non-hydrogen) atoms. The van der Waals surface area contributed by atoms with Gasteiger partial charge in [-0.1, -0.05) is 19.9 Å². The molecule has 0 fully saturated rings. The van der Waals surface area contributed by atoms with Crippen LogP contribution in [0.25, 0.3) is 0 Å². The van der Waals surface area contributed by atoms with Crippen LogP contribution in [0, 0.1) is 0 Å². The lowest BCUT2D eigenvalue weighted by Crippen LogP contribution is -2.42. The molecule has 5 nitrogen and oxygen atoms in total. The number of carbonyl (C=O) groups excluding carboxylic acids is 1. The third kappa shape index (κ3) is 5.77. The molecule has 0 saturated carbocycles. The minimum absolute atomic E-state index is 0.323. The molecule has 0 radical (unpaired) electrons. The fraction of sp³-hybridized carbons (Fsp3) is 0.750. The van der Waals surface area contributed by atoms with E-state index in [1.54, 1.807) is 21.3 Å². The van der Waals surface area contributed by atoms with E-state index in [1.165, 1.54) is 0 Å². The molecule has 0 aromatic carbocycles. The van der Waals surface area contributed by atoms with Crippen molar-refractivity contribution in [1.82, 2.24) is 0 Å². The Kier molecular flexibility index (Phi) is 8.91. The van der Waals surface area contributed by atoms with Gasteiger partial charge in [-0.05, 0) is 12.8 Å². The van der Waals surface area contributed by atoms with Gasteiger partial charge in [-0.3, -0.25) is 0 Å². The van der Waals surface area contributed by atoms with Gasteiger partial charge in [0.1, 0.15) is 0 Å². The second kappa shape index (κ2) is 9.27. The molecule has 0 aliphatic carbocycles. The van der Waals surface area contributed by atoms with Crippen molar-refractivity contribution >= 4 is 14.8 Å². The number of carbonyl (C=O) groups is 1. The maximum atomic E-state index is 11.5. The zero-order chi connectivity index (χ0) is 14.0. The van der Waals surface area contributed by atoms with Gasteiger partial charge >= 0.3 is 14.8 Å². The van der Waals surface area contributed by atoms with Crippen LogP contribution in [-0.2, 0) is 22.8 Å². The first-order valence-corrected chi connectivity index (χ1v) is 7.98. The summed E-state index contributed by atoms with van der Waals surface area (Å²) in [6.07, 6.45) is 2.21. The molecule has 0 saturated heterocycles. The Morgan fingerprint density at radius 2 is 1.72 bits per heavy atom. The summed E-state index contributed by atoms with van der Waals surface area (Å²) in [4.78, 5) is 11.5. The summed E-state index contributed by atoms with van der Waals surface area (Å²) in [5, 5.41) is 0. The highest BCUT2D eigenvalue weighted by molar-refractivity contribution is 6.60. The van der Waals surface area contributed by atoms with Crippen molar-refractivity contribution in [2.45, 2.75) is 32.2 Å². The maximum absolute atomic E-state index is 11.5. The maximum Gasteiger partial charge on any atom is 0.500 e. The molecule has 6 heteroatoms. The van der Waals surface area contributed by atoms with Crippen molar-refractivity contribution < 1.29 is 22.8 Å². The standard InChI is InChI=1S/C12H24O5Si/c1-6-8-11(2)12(13)17-9-7-10-18(14-3,15-4)16-5/h2,6-10H2,1,3-5H3. The van der Waals surface area contributed by atoms with Crippen LogP contribution in [0.15, 0.2) is 12.2 Å². The predicted octanol–water partition coefficient (Wildman–Crippen LogP) is 2.15. The number of esters is 1. The van der Waals surface area contributed by atoms with Crippen LogP contribution in [0.4, 0.5) is 0 Å². The lowest BCUT2D eigenvalue weighted by Gasteiger charge is -2.24. The Labute approximate surface area is 110 Å². The largest absolute Gasteiger partial charge is 0.500 e. The summed E-state index contributed by atoms with van der Waals surface area (Å²) >= 11 is 0. The monoisotopic (exact) mass is 276 g/mol. The Hall–Kier alpha value is -0.693. The smallest absolute Gasteiger partial charge is 0.462 e. The third-order valence-electron chi connectivity index (χ3n) is 2.63. The zero-order valence-electron chi connectivity index (χ0n) is 11.8. The molecular weight excluding hydrogens is 252 g/mol. The first kappa shape index (κ1) is 17.3. The molecule has 0 aromatic heterocycles. The van der Waals surface area contributed by atoms with E-state index in [9.17, 15) is 4.79 Å². The molecule has 0 unspecified atom stereocenters. The van der Waals surface area contributed by atoms with Crippen LogP contribution in [0.3, 0.4) is 0 Å². The van der Waals surface area contributed by atoms with Crippen molar-refractivity contribution in [3.05, 3.63) is 12.2 Å². The van der Waals surface area contributed by atoms with E-state index in [4.69, 9.17) is 18.0 Å². The number of ether oxygens (including phenoxy) is 1. The first-order valence-electron chi connectivity index (χ1n) is 6.05. The summed E-state index contributed by atoms with van der Waals surface area (Å²) in [6.45, 7) is 6.00. The molecule has 0 amide bonds. The van der Waals surface area contributed by atoms with Gasteiger partial charge < -0.3 is 18.0 Å². The van der Waals surface area contributed by atoms with Gasteiger partial charge in [0.25, 0.3) is 0 Å². The van der Waals surface area contributed by atoms with E-state index in [1.807, 2.05) is 6.92 Å². The quantitative estimate of drug-likeness (QED) is 0.265. The molecule has 0 aromatic rings. The number of hydrogen-bond acceptors (Lipinski definition) is 5. The van der Waals surface area contributed by atoms with E-state index in [0.717, 1.165) is 6.42 Å². The van der Waals surface area contributed by atoms with Gasteiger partial charge in [0.2, 0.25) is 0 Å². The zero-order valence-corrected chi connectivity index (χ0v) is 12.8. The van der Waals surface area contributed by atoms with Crippen LogP contribution < -0.4 is 0 Å². The van der Waals surface area contributed by atoms with Gasteiger partial charge in [0, 0.05) is 32.9 Å². The third-order valence-corrected chi connectivity index (χ3v) is 5.47. The van der Waals surface area contributed by atoms with Crippen molar-refractivity contribution in [2.75, 3.05) is 27.9 Å².